The number of nitrogens with zero attached hydrogens (tertiary/aromatic N) is 6. The molecule has 4 aromatic carbocycles. The first-order chi connectivity index (χ1) is 36.1. The van der Waals surface area contributed by atoms with Crippen molar-refractivity contribution in [2.75, 3.05) is 62.3 Å². The van der Waals surface area contributed by atoms with Gasteiger partial charge in [0.25, 0.3) is 0 Å². The molecule has 2 aromatic heterocycles. The summed E-state index contributed by atoms with van der Waals surface area (Å²) in [6, 6.07) is 14.3. The molecule has 4 aliphatic heterocycles. The molecule has 15 nitrogen and oxygen atoms in total. The third-order valence-electron chi connectivity index (χ3n) is 16.0. The van der Waals surface area contributed by atoms with E-state index in [4.69, 9.17) is 31.8 Å². The zero-order valence-electron chi connectivity index (χ0n) is 41.4. The standard InChI is InChI=1S/C54H56ClF4N9O6S/c1-28-42-39(26-36(57)46(55)45(42)44-33(50(60)71)9-11-38(47(44)58)73-23-22-69)74-54(28,30-6-4-3-5-7-30)27-61-31-8-10-37-40(24-31)75-53(62-37)67-19-14-32(15-20-67)66-17-12-29(13-18-66)43-35(56)25-34-49(48(43)59)65(2)64-51(34)68-21-16-41(70)63-52(68)72/h3-7,9,11,25-26,28-29,31-32,61,69H,8,10,12-24,27H2,1-2H3,(H2,60,71)(H,63,70,72)/t28-,31-,54-/m0/s1. The van der Waals surface area contributed by atoms with E-state index in [0.29, 0.717) is 44.1 Å². The minimum Gasteiger partial charge on any atom is -0.488 e. The number of halogens is 5. The van der Waals surface area contributed by atoms with E-state index in [0.717, 1.165) is 61.6 Å². The van der Waals surface area contributed by atoms with Gasteiger partial charge in [0, 0.05) is 90.8 Å². The highest BCUT2D eigenvalue weighted by molar-refractivity contribution is 7.15. The number of rotatable bonds is 13. The molecule has 3 fully saturated rings. The molecule has 0 saturated carbocycles. The Morgan fingerprint density at radius 1 is 0.960 bits per heavy atom. The molecule has 0 bridgehead atoms. The van der Waals surface area contributed by atoms with Crippen LogP contribution in [0.5, 0.6) is 11.5 Å². The monoisotopic (exact) mass is 1070 g/mol. The number of piperidine rings is 2. The molecule has 3 saturated heterocycles. The highest BCUT2D eigenvalue weighted by Gasteiger charge is 2.50. The van der Waals surface area contributed by atoms with Crippen molar-refractivity contribution in [2.24, 2.45) is 12.8 Å². The maximum atomic E-state index is 16.5. The van der Waals surface area contributed by atoms with E-state index in [1.807, 2.05) is 37.3 Å². The van der Waals surface area contributed by atoms with Crippen molar-refractivity contribution in [1.29, 1.82) is 0 Å². The van der Waals surface area contributed by atoms with Gasteiger partial charge in [-0.2, -0.15) is 5.10 Å². The molecule has 21 heteroatoms. The number of carbonyl (C=O) groups is 3. The third kappa shape index (κ3) is 9.04. The van der Waals surface area contributed by atoms with Gasteiger partial charge in [-0.1, -0.05) is 48.9 Å². The lowest BCUT2D eigenvalue weighted by molar-refractivity contribution is -0.120. The number of ether oxygens (including phenoxy) is 2. The van der Waals surface area contributed by atoms with Gasteiger partial charge in [-0.3, -0.25) is 24.5 Å². The number of aliphatic hydroxyl groups excluding tert-OH is 1. The Kier molecular flexibility index (Phi) is 13.8. The van der Waals surface area contributed by atoms with E-state index >= 15 is 17.6 Å². The molecule has 4 amide bonds. The Hall–Kier alpha value is -6.32. The number of likely N-dealkylation sites (tertiary alicyclic amines) is 1. The van der Waals surface area contributed by atoms with Gasteiger partial charge in [-0.05, 0) is 87.7 Å². The number of aromatic nitrogens is 3. The molecule has 6 heterocycles. The van der Waals surface area contributed by atoms with Crippen LogP contribution in [0.15, 0.2) is 54.6 Å². The molecule has 75 heavy (non-hydrogen) atoms. The highest BCUT2D eigenvalue weighted by Crippen LogP contribution is 2.57. The van der Waals surface area contributed by atoms with Crippen LogP contribution in [-0.2, 0) is 30.3 Å². The number of amides is 4. The van der Waals surface area contributed by atoms with E-state index in [2.05, 4.69) is 25.5 Å². The first-order valence-corrected chi connectivity index (χ1v) is 26.6. The Morgan fingerprint density at radius 2 is 1.72 bits per heavy atom. The molecule has 6 aromatic rings. The highest BCUT2D eigenvalue weighted by atomic mass is 35.5. The number of hydrogen-bond donors (Lipinski definition) is 4. The second-order valence-corrected chi connectivity index (χ2v) is 21.6. The van der Waals surface area contributed by atoms with Gasteiger partial charge in [0.05, 0.1) is 28.3 Å². The van der Waals surface area contributed by atoms with Gasteiger partial charge in [0.2, 0.25) is 11.8 Å². The fraction of sp³-hybridized carbons (Fsp3) is 0.426. The average Bonchev–Trinajstić information content (AvgIpc) is 4.07. The minimum atomic E-state index is -1.12. The molecule has 0 unspecified atom stereocenters. The van der Waals surface area contributed by atoms with Crippen molar-refractivity contribution >= 4 is 62.6 Å². The molecular weight excluding hydrogens is 1010 g/mol. The number of nitrogens with two attached hydrogens (primary N) is 1. The van der Waals surface area contributed by atoms with Crippen LogP contribution in [0.3, 0.4) is 0 Å². The number of imide groups is 1. The first kappa shape index (κ1) is 50.8. The van der Waals surface area contributed by atoms with Crippen molar-refractivity contribution in [3.63, 3.8) is 0 Å². The van der Waals surface area contributed by atoms with Crippen molar-refractivity contribution in [3.05, 3.63) is 116 Å². The summed E-state index contributed by atoms with van der Waals surface area (Å²) in [6.45, 7) is 4.75. The second-order valence-electron chi connectivity index (χ2n) is 20.2. The molecule has 3 atom stereocenters. The number of aliphatic hydroxyl groups is 1. The zero-order chi connectivity index (χ0) is 52.4. The molecule has 0 spiro atoms. The summed E-state index contributed by atoms with van der Waals surface area (Å²) >= 11 is 8.46. The van der Waals surface area contributed by atoms with Crippen LogP contribution in [-0.4, -0.2) is 107 Å². The molecule has 394 valence electrons. The van der Waals surface area contributed by atoms with Gasteiger partial charge in [-0.25, -0.2) is 27.3 Å². The number of aryl methyl sites for hydroxylation is 2. The number of anilines is 2. The summed E-state index contributed by atoms with van der Waals surface area (Å²) < 4.78 is 78.4. The summed E-state index contributed by atoms with van der Waals surface area (Å²) in [7, 11) is 1.57. The number of thiazole rings is 1. The van der Waals surface area contributed by atoms with Crippen molar-refractivity contribution in [3.8, 4) is 22.6 Å². The predicted molar refractivity (Wildman–Crippen MR) is 276 cm³/mol. The lowest BCUT2D eigenvalue weighted by atomic mass is 9.77. The fourth-order valence-corrected chi connectivity index (χ4v) is 13.6. The largest absolute Gasteiger partial charge is 0.488 e. The molecular formula is C54H56ClF4N9O6S. The van der Waals surface area contributed by atoms with Crippen molar-refractivity contribution < 1.29 is 46.5 Å². The SMILES string of the molecule is C[C@H]1c2c(cc(F)c(Cl)c2-c2c(C(N)=O)ccc(OCCO)c2F)O[C@]1(CN[C@H]1CCc2nc(N3CCC(N4CCC(c5c(F)cc6c(N7CCC(=O)NC7=O)nn(C)c6c5F)CC4)CC3)sc2C1)c1ccccc1. The van der Waals surface area contributed by atoms with Crippen molar-refractivity contribution in [1.82, 2.24) is 30.3 Å². The molecule has 1 aliphatic carbocycles. The maximum absolute atomic E-state index is 16.5. The first-order valence-electron chi connectivity index (χ1n) is 25.4. The fourth-order valence-electron chi connectivity index (χ4n) is 12.1. The van der Waals surface area contributed by atoms with Crippen LogP contribution in [0.1, 0.15) is 94.9 Å². The van der Waals surface area contributed by atoms with Crippen LogP contribution >= 0.6 is 22.9 Å². The van der Waals surface area contributed by atoms with Crippen LogP contribution in [0.2, 0.25) is 5.02 Å². The molecule has 5 N–H and O–H groups in total. The normalized spacial score (nSPS) is 21.6. The van der Waals surface area contributed by atoms with Crippen LogP contribution in [0.25, 0.3) is 22.0 Å². The Morgan fingerprint density at radius 3 is 2.44 bits per heavy atom. The Bertz CT molecular complexity index is 3240. The van der Waals surface area contributed by atoms with E-state index < -0.39 is 57.7 Å². The van der Waals surface area contributed by atoms with E-state index in [-0.39, 0.29) is 88.6 Å². The Labute approximate surface area is 438 Å². The summed E-state index contributed by atoms with van der Waals surface area (Å²) in [5.74, 6) is -5.39. The topological polar surface area (TPSA) is 180 Å². The summed E-state index contributed by atoms with van der Waals surface area (Å²) in [5.41, 5.74) is 6.56. The number of primary amides is 1. The predicted octanol–water partition coefficient (Wildman–Crippen LogP) is 8.21. The van der Waals surface area contributed by atoms with Crippen molar-refractivity contribution in [2.45, 2.75) is 87.8 Å². The number of urea groups is 1. The Balaban J connectivity index is 0.747. The van der Waals surface area contributed by atoms with Gasteiger partial charge in [-0.15, -0.1) is 11.3 Å². The lowest BCUT2D eigenvalue weighted by Gasteiger charge is -2.42. The second kappa shape index (κ2) is 20.3. The number of hydrogen-bond acceptors (Lipinski definition) is 12. The van der Waals surface area contributed by atoms with Gasteiger partial charge in [0.1, 0.15) is 29.5 Å². The minimum absolute atomic E-state index is 0.0416. The summed E-state index contributed by atoms with van der Waals surface area (Å²) in [4.78, 5) is 49.6. The molecule has 5 aliphatic rings. The zero-order valence-corrected chi connectivity index (χ0v) is 42.9. The summed E-state index contributed by atoms with van der Waals surface area (Å²) in [6.07, 6.45) is 5.44. The van der Waals surface area contributed by atoms with E-state index in [1.54, 1.807) is 18.4 Å². The number of carbonyl (C=O) groups excluding carboxylic acids is 3. The maximum Gasteiger partial charge on any atom is 0.329 e. The number of fused-ring (bicyclic) bond motifs is 3. The average molecular weight is 1070 g/mol. The smallest absolute Gasteiger partial charge is 0.329 e. The van der Waals surface area contributed by atoms with E-state index in [9.17, 15) is 19.5 Å². The molecule has 0 radical (unpaired) electrons. The third-order valence-corrected chi connectivity index (χ3v) is 17.5. The van der Waals surface area contributed by atoms with Crippen LogP contribution in [0, 0.1) is 23.3 Å². The van der Waals surface area contributed by atoms with Gasteiger partial charge >= 0.3 is 6.03 Å². The van der Waals surface area contributed by atoms with Gasteiger partial charge < -0.3 is 35.4 Å². The lowest BCUT2D eigenvalue weighted by Crippen LogP contribution is -2.49. The van der Waals surface area contributed by atoms with Crippen LogP contribution < -0.4 is 35.6 Å². The van der Waals surface area contributed by atoms with E-state index in [1.165, 1.54) is 38.7 Å². The number of nitrogens with one attached hydrogen (secondary N) is 2. The number of benzene rings is 4. The summed E-state index contributed by atoms with van der Waals surface area (Å²) in [5, 5.41) is 20.6. The van der Waals surface area contributed by atoms with Crippen LogP contribution in [0.4, 0.5) is 33.3 Å². The quantitative estimate of drug-likeness (QED) is 0.0819. The molecule has 11 rings (SSSR count). The van der Waals surface area contributed by atoms with Gasteiger partial charge in [0.15, 0.2) is 33.9 Å².